The summed E-state index contributed by atoms with van der Waals surface area (Å²) in [6.45, 7) is 1.60. The highest BCUT2D eigenvalue weighted by Gasteiger charge is 1.86. The van der Waals surface area contributed by atoms with Gasteiger partial charge >= 0.3 is 11.9 Å². The van der Waals surface area contributed by atoms with Gasteiger partial charge in [-0.3, -0.25) is 4.79 Å². The first-order chi connectivity index (χ1) is 7.56. The molecule has 4 nitrogen and oxygen atoms in total. The summed E-state index contributed by atoms with van der Waals surface area (Å²) in [5, 5.41) is 16.0. The maximum absolute atomic E-state index is 10.1. The van der Waals surface area contributed by atoms with Crippen LogP contribution in [-0.2, 0) is 9.59 Å². The highest BCUT2D eigenvalue weighted by molar-refractivity contribution is 5.85. The van der Waals surface area contributed by atoms with E-state index >= 15 is 0 Å². The van der Waals surface area contributed by atoms with E-state index in [0.717, 1.165) is 11.6 Å². The van der Waals surface area contributed by atoms with Crippen LogP contribution in [0.25, 0.3) is 6.08 Å². The van der Waals surface area contributed by atoms with Crippen molar-refractivity contribution in [3.8, 4) is 0 Å². The summed E-state index contributed by atoms with van der Waals surface area (Å²) in [5.41, 5.74) is 0.898. The van der Waals surface area contributed by atoms with Crippen LogP contribution in [0.4, 0.5) is 0 Å². The second-order valence-corrected chi connectivity index (χ2v) is 2.83. The third-order valence-electron chi connectivity index (χ3n) is 1.52. The average Bonchev–Trinajstić information content (AvgIpc) is 2.28. The third-order valence-corrected chi connectivity index (χ3v) is 1.52. The molecule has 0 fully saturated rings. The SMILES string of the molecule is CCC(=O)O.O=C(O)C=Cc1ccccc1. The fourth-order valence-electron chi connectivity index (χ4n) is 0.732. The third kappa shape index (κ3) is 8.50. The van der Waals surface area contributed by atoms with Crippen molar-refractivity contribution in [2.24, 2.45) is 0 Å². The Balaban J connectivity index is 0.000000385. The van der Waals surface area contributed by atoms with E-state index in [1.165, 1.54) is 0 Å². The van der Waals surface area contributed by atoms with Crippen molar-refractivity contribution < 1.29 is 19.8 Å². The van der Waals surface area contributed by atoms with Gasteiger partial charge in [0.15, 0.2) is 0 Å². The minimum Gasteiger partial charge on any atom is -0.481 e. The van der Waals surface area contributed by atoms with Gasteiger partial charge in [-0.1, -0.05) is 37.3 Å². The van der Waals surface area contributed by atoms with Gasteiger partial charge in [-0.25, -0.2) is 4.79 Å². The minimum absolute atomic E-state index is 0.222. The van der Waals surface area contributed by atoms with Crippen molar-refractivity contribution in [1.82, 2.24) is 0 Å². The number of carboxylic acids is 2. The first-order valence-corrected chi connectivity index (χ1v) is 4.74. The number of benzene rings is 1. The number of carbonyl (C=O) groups is 2. The first-order valence-electron chi connectivity index (χ1n) is 4.74. The molecule has 0 saturated heterocycles. The van der Waals surface area contributed by atoms with Crippen LogP contribution in [0.3, 0.4) is 0 Å². The number of hydrogen-bond acceptors (Lipinski definition) is 2. The zero-order chi connectivity index (χ0) is 12.4. The van der Waals surface area contributed by atoms with Gasteiger partial charge in [0.1, 0.15) is 0 Å². The monoisotopic (exact) mass is 222 g/mol. The lowest BCUT2D eigenvalue weighted by Crippen LogP contribution is -1.86. The number of rotatable bonds is 3. The van der Waals surface area contributed by atoms with Crippen LogP contribution in [0.15, 0.2) is 36.4 Å². The minimum atomic E-state index is -0.922. The topological polar surface area (TPSA) is 74.6 Å². The number of carboxylic acid groups (broad SMARTS) is 2. The van der Waals surface area contributed by atoms with Gasteiger partial charge in [0.05, 0.1) is 0 Å². The molecule has 0 heterocycles. The summed E-state index contributed by atoms with van der Waals surface area (Å²) in [7, 11) is 0. The molecule has 86 valence electrons. The smallest absolute Gasteiger partial charge is 0.328 e. The van der Waals surface area contributed by atoms with E-state index in [0.29, 0.717) is 0 Å². The van der Waals surface area contributed by atoms with E-state index in [1.54, 1.807) is 13.0 Å². The van der Waals surface area contributed by atoms with Crippen LogP contribution >= 0.6 is 0 Å². The molecule has 0 aromatic heterocycles. The number of hydrogen-bond donors (Lipinski definition) is 2. The van der Waals surface area contributed by atoms with Crippen LogP contribution in [0.1, 0.15) is 18.9 Å². The summed E-state index contributed by atoms with van der Waals surface area (Å²) >= 11 is 0. The molecule has 16 heavy (non-hydrogen) atoms. The molecule has 0 unspecified atom stereocenters. The Kier molecular flexibility index (Phi) is 7.15. The largest absolute Gasteiger partial charge is 0.481 e. The fourth-order valence-corrected chi connectivity index (χ4v) is 0.732. The molecule has 2 N–H and O–H groups in total. The van der Waals surface area contributed by atoms with Crippen molar-refractivity contribution >= 4 is 18.0 Å². The molecule has 0 atom stereocenters. The van der Waals surface area contributed by atoms with Crippen molar-refractivity contribution in [1.29, 1.82) is 0 Å². The molecule has 1 aromatic carbocycles. The lowest BCUT2D eigenvalue weighted by molar-refractivity contribution is -0.136. The average molecular weight is 222 g/mol. The Bertz CT molecular complexity index is 355. The molecule has 0 aliphatic carbocycles. The zero-order valence-electron chi connectivity index (χ0n) is 8.96. The van der Waals surface area contributed by atoms with Gasteiger partial charge in [0, 0.05) is 12.5 Å². The molecule has 0 spiro atoms. The summed E-state index contributed by atoms with van der Waals surface area (Å²) in [4.78, 5) is 19.5. The van der Waals surface area contributed by atoms with E-state index in [2.05, 4.69) is 0 Å². The summed E-state index contributed by atoms with van der Waals surface area (Å²) in [5.74, 6) is -1.67. The van der Waals surface area contributed by atoms with Gasteiger partial charge in [0.25, 0.3) is 0 Å². The Hall–Kier alpha value is -2.10. The number of aliphatic carboxylic acids is 2. The molecule has 0 bridgehead atoms. The van der Waals surface area contributed by atoms with Crippen LogP contribution in [0.2, 0.25) is 0 Å². The molecule has 0 amide bonds. The second-order valence-electron chi connectivity index (χ2n) is 2.83. The Labute approximate surface area is 93.8 Å². The Morgan fingerprint density at radius 2 is 1.69 bits per heavy atom. The fraction of sp³-hybridized carbons (Fsp3) is 0.167. The second kappa shape index (κ2) is 8.23. The Morgan fingerprint density at radius 1 is 1.19 bits per heavy atom. The van der Waals surface area contributed by atoms with Gasteiger partial charge in [-0.2, -0.15) is 0 Å². The quantitative estimate of drug-likeness (QED) is 0.769. The maximum Gasteiger partial charge on any atom is 0.328 e. The van der Waals surface area contributed by atoms with Crippen molar-refractivity contribution in [2.75, 3.05) is 0 Å². The molecule has 0 aliphatic heterocycles. The first kappa shape index (κ1) is 13.9. The van der Waals surface area contributed by atoms with E-state index < -0.39 is 11.9 Å². The van der Waals surface area contributed by atoms with E-state index in [-0.39, 0.29) is 6.42 Å². The standard InChI is InChI=1S/C9H8O2.C3H6O2/c10-9(11)7-6-8-4-2-1-3-5-8;1-2-3(4)5/h1-7H,(H,10,11);2H2,1H3,(H,4,5). The molecule has 0 aliphatic rings. The van der Waals surface area contributed by atoms with Crippen molar-refractivity contribution in [3.63, 3.8) is 0 Å². The van der Waals surface area contributed by atoms with Crippen LogP contribution < -0.4 is 0 Å². The molecular formula is C12H14O4. The molecule has 0 radical (unpaired) electrons. The summed E-state index contributed by atoms with van der Waals surface area (Å²) < 4.78 is 0. The normalized spacial score (nSPS) is 9.31. The van der Waals surface area contributed by atoms with Crippen LogP contribution in [0, 0.1) is 0 Å². The predicted octanol–water partition coefficient (Wildman–Crippen LogP) is 2.27. The molecule has 1 aromatic rings. The van der Waals surface area contributed by atoms with Gasteiger partial charge in [-0.15, -0.1) is 0 Å². The van der Waals surface area contributed by atoms with E-state index in [4.69, 9.17) is 10.2 Å². The maximum atomic E-state index is 10.1. The van der Waals surface area contributed by atoms with Crippen molar-refractivity contribution in [3.05, 3.63) is 42.0 Å². The summed E-state index contributed by atoms with van der Waals surface area (Å²) in [6.07, 6.45) is 2.90. The van der Waals surface area contributed by atoms with Crippen molar-refractivity contribution in [2.45, 2.75) is 13.3 Å². The van der Waals surface area contributed by atoms with Crippen LogP contribution in [-0.4, -0.2) is 22.2 Å². The zero-order valence-corrected chi connectivity index (χ0v) is 8.96. The predicted molar refractivity (Wildman–Crippen MR) is 61.0 cm³/mol. The van der Waals surface area contributed by atoms with Crippen LogP contribution in [0.5, 0.6) is 0 Å². The lowest BCUT2D eigenvalue weighted by Gasteiger charge is -1.87. The van der Waals surface area contributed by atoms with E-state index in [9.17, 15) is 9.59 Å². The van der Waals surface area contributed by atoms with Gasteiger partial charge < -0.3 is 10.2 Å². The van der Waals surface area contributed by atoms with E-state index in [1.807, 2.05) is 30.3 Å². The van der Waals surface area contributed by atoms with Gasteiger partial charge in [0.2, 0.25) is 0 Å². The Morgan fingerprint density at radius 3 is 2.06 bits per heavy atom. The highest BCUT2D eigenvalue weighted by Crippen LogP contribution is 1.99. The molecule has 4 heteroatoms. The molecule has 1 rings (SSSR count). The van der Waals surface area contributed by atoms with Gasteiger partial charge in [-0.05, 0) is 11.6 Å². The lowest BCUT2D eigenvalue weighted by atomic mass is 10.2. The molecule has 0 saturated carbocycles. The summed E-state index contributed by atoms with van der Waals surface area (Å²) in [6, 6.07) is 9.31. The highest BCUT2D eigenvalue weighted by atomic mass is 16.4. The molecular weight excluding hydrogens is 208 g/mol.